The zero-order chi connectivity index (χ0) is 16.9. The Morgan fingerprint density at radius 1 is 1.41 bits per heavy atom. The second kappa shape index (κ2) is 7.22. The number of amides is 1. The third-order valence-corrected chi connectivity index (χ3v) is 2.87. The average molecular weight is 330 g/mol. The van der Waals surface area contributed by atoms with Gasteiger partial charge in [0.25, 0.3) is 0 Å². The molecule has 0 heterocycles. The van der Waals surface area contributed by atoms with Crippen LogP contribution in [0.15, 0.2) is 18.2 Å². The number of nitrogen functional groups attached to an aromatic ring is 1. The van der Waals surface area contributed by atoms with E-state index in [-0.39, 0.29) is 6.54 Å². The number of ether oxygens (including phenoxy) is 1. The number of benzene rings is 1. The van der Waals surface area contributed by atoms with Gasteiger partial charge < -0.3 is 26.2 Å². The van der Waals surface area contributed by atoms with Crippen molar-refractivity contribution in [1.82, 2.24) is 5.32 Å². The molecule has 7 nitrogen and oxygen atoms in total. The Balaban J connectivity index is 2.67. The molecule has 0 aromatic heterocycles. The van der Waals surface area contributed by atoms with Gasteiger partial charge in [-0.2, -0.15) is 0 Å². The summed E-state index contributed by atoms with van der Waals surface area (Å²) in [6, 6.07) is 3.79. The number of hydrogen-bond acceptors (Lipinski definition) is 5. The third-order valence-electron chi connectivity index (χ3n) is 2.54. The van der Waals surface area contributed by atoms with Crippen molar-refractivity contribution >= 4 is 35.0 Å². The van der Waals surface area contributed by atoms with E-state index in [9.17, 15) is 9.59 Å². The number of nitrogens with one attached hydrogen (secondary N) is 2. The predicted molar refractivity (Wildman–Crippen MR) is 85.1 cm³/mol. The maximum atomic E-state index is 11.6. The molecule has 0 bridgehead atoms. The SMILES string of the molecule is CC(C)(C)OC(=O)NC(CNc1cccc(Cl)c1N)C(=O)O. The first-order chi connectivity index (χ1) is 10.1. The van der Waals surface area contributed by atoms with E-state index >= 15 is 0 Å². The van der Waals surface area contributed by atoms with Gasteiger partial charge in [-0.1, -0.05) is 17.7 Å². The van der Waals surface area contributed by atoms with Crippen LogP contribution in [0, 0.1) is 0 Å². The smallest absolute Gasteiger partial charge is 0.408 e. The first kappa shape index (κ1) is 17.9. The van der Waals surface area contributed by atoms with Gasteiger partial charge in [0.05, 0.1) is 16.4 Å². The minimum absolute atomic E-state index is 0.0703. The van der Waals surface area contributed by atoms with E-state index in [1.807, 2.05) is 0 Å². The second-order valence-electron chi connectivity index (χ2n) is 5.62. The zero-order valence-electron chi connectivity index (χ0n) is 12.6. The van der Waals surface area contributed by atoms with E-state index in [0.29, 0.717) is 16.4 Å². The Morgan fingerprint density at radius 2 is 2.05 bits per heavy atom. The van der Waals surface area contributed by atoms with Crippen LogP contribution in [-0.2, 0) is 9.53 Å². The summed E-state index contributed by atoms with van der Waals surface area (Å²) < 4.78 is 5.03. The summed E-state index contributed by atoms with van der Waals surface area (Å²) in [6.45, 7) is 4.99. The number of carbonyl (C=O) groups is 2. The molecule has 8 heteroatoms. The number of rotatable bonds is 5. The number of nitrogens with two attached hydrogens (primary N) is 1. The quantitative estimate of drug-likeness (QED) is 0.616. The average Bonchev–Trinajstić information content (AvgIpc) is 2.36. The van der Waals surface area contributed by atoms with Crippen LogP contribution >= 0.6 is 11.6 Å². The number of hydrogen-bond donors (Lipinski definition) is 4. The largest absolute Gasteiger partial charge is 0.480 e. The molecule has 0 aliphatic carbocycles. The molecule has 0 spiro atoms. The van der Waals surface area contributed by atoms with Gasteiger partial charge in [-0.25, -0.2) is 9.59 Å². The van der Waals surface area contributed by atoms with Gasteiger partial charge in [0.15, 0.2) is 0 Å². The molecule has 1 rings (SSSR count). The highest BCUT2D eigenvalue weighted by Crippen LogP contribution is 2.26. The normalized spacial score (nSPS) is 12.4. The lowest BCUT2D eigenvalue weighted by Crippen LogP contribution is -2.47. The topological polar surface area (TPSA) is 114 Å². The van der Waals surface area contributed by atoms with Gasteiger partial charge in [-0.05, 0) is 32.9 Å². The standard InChI is InChI=1S/C14H20ClN3O4/c1-14(2,3)22-13(21)18-10(12(19)20)7-17-9-6-4-5-8(15)11(9)16/h4-6,10,17H,7,16H2,1-3H3,(H,18,21)(H,19,20). The number of aliphatic carboxylic acids is 1. The number of alkyl carbamates (subject to hydrolysis) is 1. The van der Waals surface area contributed by atoms with Crippen LogP contribution in [0.25, 0.3) is 0 Å². The molecule has 122 valence electrons. The van der Waals surface area contributed by atoms with Crippen LogP contribution < -0.4 is 16.4 Å². The predicted octanol–water partition coefficient (Wildman–Crippen LogP) is 2.31. The lowest BCUT2D eigenvalue weighted by Gasteiger charge is -2.22. The molecule has 1 aromatic carbocycles. The van der Waals surface area contributed by atoms with Crippen molar-refractivity contribution in [2.24, 2.45) is 0 Å². The van der Waals surface area contributed by atoms with Crippen LogP contribution in [0.2, 0.25) is 5.02 Å². The van der Waals surface area contributed by atoms with E-state index in [4.69, 9.17) is 27.2 Å². The van der Waals surface area contributed by atoms with Crippen molar-refractivity contribution in [3.8, 4) is 0 Å². The van der Waals surface area contributed by atoms with Crippen molar-refractivity contribution in [2.45, 2.75) is 32.4 Å². The minimum Gasteiger partial charge on any atom is -0.480 e. The maximum Gasteiger partial charge on any atom is 0.408 e. The highest BCUT2D eigenvalue weighted by molar-refractivity contribution is 6.33. The molecule has 0 aliphatic rings. The molecule has 0 radical (unpaired) electrons. The van der Waals surface area contributed by atoms with Crippen LogP contribution in [0.5, 0.6) is 0 Å². The zero-order valence-corrected chi connectivity index (χ0v) is 13.4. The number of para-hydroxylation sites is 1. The summed E-state index contributed by atoms with van der Waals surface area (Å²) in [5.41, 5.74) is 5.87. The summed E-state index contributed by atoms with van der Waals surface area (Å²) in [7, 11) is 0. The molecule has 1 amide bonds. The minimum atomic E-state index is -1.20. The van der Waals surface area contributed by atoms with Crippen LogP contribution in [0.3, 0.4) is 0 Å². The number of carboxylic acid groups (broad SMARTS) is 1. The highest BCUT2D eigenvalue weighted by atomic mass is 35.5. The first-order valence-corrected chi connectivity index (χ1v) is 6.98. The molecule has 0 saturated heterocycles. The van der Waals surface area contributed by atoms with E-state index < -0.39 is 23.7 Å². The van der Waals surface area contributed by atoms with Gasteiger partial charge >= 0.3 is 12.1 Å². The summed E-state index contributed by atoms with van der Waals surface area (Å²) in [5, 5.41) is 14.6. The summed E-state index contributed by atoms with van der Waals surface area (Å²) in [5.74, 6) is -1.20. The molecule has 22 heavy (non-hydrogen) atoms. The molecule has 5 N–H and O–H groups in total. The van der Waals surface area contributed by atoms with E-state index in [1.165, 1.54) is 0 Å². The molecule has 0 fully saturated rings. The number of anilines is 2. The van der Waals surface area contributed by atoms with E-state index in [2.05, 4.69) is 10.6 Å². The van der Waals surface area contributed by atoms with Crippen molar-refractivity contribution in [3.63, 3.8) is 0 Å². The monoisotopic (exact) mass is 329 g/mol. The summed E-state index contributed by atoms with van der Waals surface area (Å²) in [4.78, 5) is 22.8. The van der Waals surface area contributed by atoms with Crippen molar-refractivity contribution in [1.29, 1.82) is 0 Å². The lowest BCUT2D eigenvalue weighted by atomic mass is 10.2. The molecule has 0 aliphatic heterocycles. The van der Waals surface area contributed by atoms with Gasteiger partial charge in [0.1, 0.15) is 11.6 Å². The highest BCUT2D eigenvalue weighted by Gasteiger charge is 2.24. The Hall–Kier alpha value is -2.15. The van der Waals surface area contributed by atoms with Gasteiger partial charge in [-0.15, -0.1) is 0 Å². The van der Waals surface area contributed by atoms with Gasteiger partial charge in [-0.3, -0.25) is 0 Å². The second-order valence-corrected chi connectivity index (χ2v) is 6.03. The Morgan fingerprint density at radius 3 is 2.59 bits per heavy atom. The Kier molecular flexibility index (Phi) is 5.87. The molecule has 1 unspecified atom stereocenters. The Bertz CT molecular complexity index is 558. The van der Waals surface area contributed by atoms with Crippen molar-refractivity contribution in [2.75, 3.05) is 17.6 Å². The fourth-order valence-electron chi connectivity index (χ4n) is 1.55. The fourth-order valence-corrected chi connectivity index (χ4v) is 1.73. The summed E-state index contributed by atoms with van der Waals surface area (Å²) >= 11 is 5.88. The summed E-state index contributed by atoms with van der Waals surface area (Å²) in [6.07, 6.45) is -0.805. The number of halogens is 1. The maximum absolute atomic E-state index is 11.6. The van der Waals surface area contributed by atoms with Crippen LogP contribution in [0.1, 0.15) is 20.8 Å². The van der Waals surface area contributed by atoms with E-state index in [1.54, 1.807) is 39.0 Å². The molecule has 1 atom stereocenters. The van der Waals surface area contributed by atoms with E-state index in [0.717, 1.165) is 0 Å². The first-order valence-electron chi connectivity index (χ1n) is 6.60. The number of carbonyl (C=O) groups excluding carboxylic acids is 1. The molecule has 1 aromatic rings. The molecule has 0 saturated carbocycles. The van der Waals surface area contributed by atoms with Crippen LogP contribution in [-0.4, -0.2) is 35.4 Å². The van der Waals surface area contributed by atoms with Crippen LogP contribution in [0.4, 0.5) is 16.2 Å². The Labute approximate surface area is 133 Å². The number of carboxylic acids is 1. The van der Waals surface area contributed by atoms with Gasteiger partial charge in [0, 0.05) is 6.54 Å². The fraction of sp³-hybridized carbons (Fsp3) is 0.429. The molecular formula is C14H20ClN3O4. The van der Waals surface area contributed by atoms with Crippen molar-refractivity contribution in [3.05, 3.63) is 23.2 Å². The van der Waals surface area contributed by atoms with Crippen molar-refractivity contribution < 1.29 is 19.4 Å². The van der Waals surface area contributed by atoms with Gasteiger partial charge in [0.2, 0.25) is 0 Å². The lowest BCUT2D eigenvalue weighted by molar-refractivity contribution is -0.139. The third kappa shape index (κ3) is 5.69. The molecular weight excluding hydrogens is 310 g/mol.